The third-order valence-electron chi connectivity index (χ3n) is 8.93. The van der Waals surface area contributed by atoms with Gasteiger partial charge in [0.1, 0.15) is 12.2 Å². The number of esters is 1. The highest BCUT2D eigenvalue weighted by molar-refractivity contribution is 5.71. The summed E-state index contributed by atoms with van der Waals surface area (Å²) in [4.78, 5) is 12.4. The van der Waals surface area contributed by atoms with E-state index in [0.717, 1.165) is 31.3 Å². The van der Waals surface area contributed by atoms with Gasteiger partial charge in [-0.2, -0.15) is 0 Å². The van der Waals surface area contributed by atoms with Crippen LogP contribution < -0.4 is 0 Å². The van der Waals surface area contributed by atoms with E-state index in [9.17, 15) is 9.90 Å². The molecule has 0 aromatic rings. The van der Waals surface area contributed by atoms with E-state index in [4.69, 9.17) is 9.47 Å². The zero-order valence-electron chi connectivity index (χ0n) is 23.3. The van der Waals surface area contributed by atoms with Crippen LogP contribution in [0.3, 0.4) is 0 Å². The van der Waals surface area contributed by atoms with Gasteiger partial charge in [-0.1, -0.05) is 91.9 Å². The number of hydrogen-bond donors (Lipinski definition) is 1. The zero-order chi connectivity index (χ0) is 25.6. The number of rotatable bonds is 12. The van der Waals surface area contributed by atoms with Gasteiger partial charge in [-0.15, -0.1) is 0 Å². The number of ether oxygens (including phenoxy) is 2. The Hall–Kier alpha value is -1.13. The Balaban J connectivity index is 1.91. The number of hydrogen-bond acceptors (Lipinski definition) is 4. The first-order valence-electron chi connectivity index (χ1n) is 13.7. The van der Waals surface area contributed by atoms with Gasteiger partial charge in [-0.3, -0.25) is 0 Å². The Morgan fingerprint density at radius 2 is 1.71 bits per heavy atom. The highest BCUT2D eigenvalue weighted by Crippen LogP contribution is 2.46. The molecule has 2 aliphatic carbocycles. The van der Waals surface area contributed by atoms with Crippen molar-refractivity contribution in [3.8, 4) is 0 Å². The number of aliphatic hydroxyl groups excluding tert-OH is 1. The van der Waals surface area contributed by atoms with Crippen molar-refractivity contribution in [2.75, 3.05) is 6.61 Å². The van der Waals surface area contributed by atoms with E-state index in [1.54, 1.807) is 0 Å². The van der Waals surface area contributed by atoms with Crippen LogP contribution in [-0.2, 0) is 14.3 Å². The first-order valence-corrected chi connectivity index (χ1v) is 13.7. The van der Waals surface area contributed by atoms with Gasteiger partial charge in [0.05, 0.1) is 0 Å². The van der Waals surface area contributed by atoms with Crippen molar-refractivity contribution in [1.29, 1.82) is 0 Å². The molecule has 0 saturated heterocycles. The predicted octanol–water partition coefficient (Wildman–Crippen LogP) is 7.60. The van der Waals surface area contributed by atoms with Crippen LogP contribution in [0.1, 0.15) is 113 Å². The number of carbonyl (C=O) groups excluding carboxylic acids is 1. The van der Waals surface area contributed by atoms with Crippen molar-refractivity contribution in [2.24, 2.45) is 28.6 Å². The molecule has 0 bridgehead atoms. The zero-order valence-corrected chi connectivity index (χ0v) is 23.3. The summed E-state index contributed by atoms with van der Waals surface area (Å²) in [6.07, 6.45) is 15.5. The van der Waals surface area contributed by atoms with Crippen LogP contribution in [0.25, 0.3) is 0 Å². The molecule has 2 aliphatic rings. The van der Waals surface area contributed by atoms with Crippen molar-refractivity contribution < 1.29 is 19.4 Å². The minimum absolute atomic E-state index is 0.234. The monoisotopic (exact) mass is 476 g/mol. The van der Waals surface area contributed by atoms with E-state index in [2.05, 4.69) is 53.7 Å². The second-order valence-electron chi connectivity index (χ2n) is 12.7. The van der Waals surface area contributed by atoms with E-state index in [1.165, 1.54) is 32.1 Å². The van der Waals surface area contributed by atoms with Crippen LogP contribution in [0.15, 0.2) is 23.8 Å². The van der Waals surface area contributed by atoms with Crippen molar-refractivity contribution >= 4 is 5.97 Å². The summed E-state index contributed by atoms with van der Waals surface area (Å²) in [6.45, 7) is 17.8. The predicted molar refractivity (Wildman–Crippen MR) is 140 cm³/mol. The number of allylic oxidation sites excluding steroid dienone is 2. The Morgan fingerprint density at radius 1 is 1.06 bits per heavy atom. The molecule has 0 aromatic heterocycles. The van der Waals surface area contributed by atoms with Crippen molar-refractivity contribution in [3.63, 3.8) is 0 Å². The Kier molecular flexibility index (Phi) is 10.5. The molecule has 196 valence electrons. The maximum Gasteiger partial charge on any atom is 0.332 e. The normalized spacial score (nSPS) is 22.3. The van der Waals surface area contributed by atoms with Crippen molar-refractivity contribution in [3.05, 3.63) is 23.8 Å². The molecule has 0 spiro atoms. The molecule has 3 atom stereocenters. The highest BCUT2D eigenvalue weighted by Gasteiger charge is 2.37. The number of aliphatic hydroxyl groups is 1. The minimum Gasteiger partial charge on any atom is -0.458 e. The number of carbonyl (C=O) groups is 1. The minimum atomic E-state index is -1.10. The third kappa shape index (κ3) is 8.22. The van der Waals surface area contributed by atoms with Gasteiger partial charge >= 0.3 is 5.97 Å². The summed E-state index contributed by atoms with van der Waals surface area (Å²) in [6, 6.07) is 0. The fourth-order valence-electron chi connectivity index (χ4n) is 5.59. The molecule has 2 rings (SSSR count). The van der Waals surface area contributed by atoms with E-state index >= 15 is 0 Å². The molecule has 0 aromatic carbocycles. The van der Waals surface area contributed by atoms with Gasteiger partial charge in [0.15, 0.2) is 6.29 Å². The summed E-state index contributed by atoms with van der Waals surface area (Å²) in [5, 5.41) is 10.6. The molecule has 0 radical (unpaired) electrons. The lowest BCUT2D eigenvalue weighted by atomic mass is 9.62. The largest absolute Gasteiger partial charge is 0.458 e. The molecule has 1 N–H and O–H groups in total. The standard InChI is InChI=1S/C30H52O4/c1-9-28(3,4)20-25(29(5,6)10-2)22-16-18-23(19-17-22)27(32)33-21-26(31)34-30(7,8)24-14-12-11-13-15-24/h16,18-19,22,24-25,27,32H,9-15,17,20-21H2,1-8H3. The molecule has 4 heteroatoms. The maximum atomic E-state index is 12.4. The van der Waals surface area contributed by atoms with Gasteiger partial charge in [0.2, 0.25) is 0 Å². The molecule has 3 unspecified atom stereocenters. The van der Waals surface area contributed by atoms with Gasteiger partial charge in [0, 0.05) is 5.57 Å². The highest BCUT2D eigenvalue weighted by atomic mass is 16.6. The molecular weight excluding hydrogens is 424 g/mol. The van der Waals surface area contributed by atoms with E-state index in [-0.39, 0.29) is 12.0 Å². The summed E-state index contributed by atoms with van der Waals surface area (Å²) < 4.78 is 11.3. The van der Waals surface area contributed by atoms with Crippen LogP contribution in [0.2, 0.25) is 0 Å². The lowest BCUT2D eigenvalue weighted by molar-refractivity contribution is -0.175. The smallest absolute Gasteiger partial charge is 0.332 e. The Labute approximate surface area is 209 Å². The molecule has 1 saturated carbocycles. The second-order valence-corrected chi connectivity index (χ2v) is 12.7. The molecular formula is C30H52O4. The van der Waals surface area contributed by atoms with Crippen molar-refractivity contribution in [2.45, 2.75) is 125 Å². The fourth-order valence-corrected chi connectivity index (χ4v) is 5.59. The molecule has 0 heterocycles. The van der Waals surface area contributed by atoms with Gasteiger partial charge in [-0.05, 0) is 68.1 Å². The van der Waals surface area contributed by atoms with Gasteiger partial charge in [0.25, 0.3) is 0 Å². The van der Waals surface area contributed by atoms with E-state index in [0.29, 0.717) is 23.2 Å². The average molecular weight is 477 g/mol. The third-order valence-corrected chi connectivity index (χ3v) is 8.93. The van der Waals surface area contributed by atoms with Crippen LogP contribution in [0.4, 0.5) is 0 Å². The SMILES string of the molecule is CCC(C)(C)CC(C1C=CC(C(O)OCC(=O)OC(C)(C)C2CCCCC2)=CC1)C(C)(C)CC. The fraction of sp³-hybridized carbons (Fsp3) is 0.833. The Morgan fingerprint density at radius 3 is 2.24 bits per heavy atom. The molecule has 34 heavy (non-hydrogen) atoms. The first-order chi connectivity index (χ1) is 15.8. The van der Waals surface area contributed by atoms with Crippen LogP contribution in [0.5, 0.6) is 0 Å². The Bertz CT molecular complexity index is 709. The molecule has 1 fully saturated rings. The summed E-state index contributed by atoms with van der Waals surface area (Å²) >= 11 is 0. The van der Waals surface area contributed by atoms with E-state index in [1.807, 2.05) is 19.9 Å². The van der Waals surface area contributed by atoms with Crippen LogP contribution >= 0.6 is 0 Å². The van der Waals surface area contributed by atoms with Crippen LogP contribution in [-0.4, -0.2) is 29.6 Å². The lowest BCUT2D eigenvalue weighted by Crippen LogP contribution is -2.39. The maximum absolute atomic E-state index is 12.4. The van der Waals surface area contributed by atoms with Crippen molar-refractivity contribution in [1.82, 2.24) is 0 Å². The summed E-state index contributed by atoms with van der Waals surface area (Å²) in [5.41, 5.74) is 0.801. The summed E-state index contributed by atoms with van der Waals surface area (Å²) in [7, 11) is 0. The van der Waals surface area contributed by atoms with Gasteiger partial charge in [-0.25, -0.2) is 4.79 Å². The lowest BCUT2D eigenvalue weighted by Gasteiger charge is -2.43. The van der Waals surface area contributed by atoms with E-state index < -0.39 is 17.9 Å². The summed E-state index contributed by atoms with van der Waals surface area (Å²) in [5.74, 6) is 1.00. The van der Waals surface area contributed by atoms with Crippen LogP contribution in [0, 0.1) is 28.6 Å². The topological polar surface area (TPSA) is 55.8 Å². The molecule has 4 nitrogen and oxygen atoms in total. The first kappa shape index (κ1) is 29.1. The quantitative estimate of drug-likeness (QED) is 0.233. The average Bonchev–Trinajstić information content (AvgIpc) is 2.81. The molecule has 0 aliphatic heterocycles. The molecule has 0 amide bonds. The second kappa shape index (κ2) is 12.2. The van der Waals surface area contributed by atoms with Gasteiger partial charge < -0.3 is 14.6 Å².